The van der Waals surface area contributed by atoms with E-state index in [1.807, 2.05) is 55.5 Å². The molecule has 0 spiro atoms. The summed E-state index contributed by atoms with van der Waals surface area (Å²) < 4.78 is 0. The van der Waals surface area contributed by atoms with Crippen LogP contribution in [-0.2, 0) is 4.79 Å². The number of carbonyl (C=O) groups is 1. The number of nitrogens with zero attached hydrogens (tertiary/aromatic N) is 2. The molecule has 2 aromatic heterocycles. The third-order valence-corrected chi connectivity index (χ3v) is 3.64. The Balaban J connectivity index is 1.73. The number of hydrogen-bond acceptors (Lipinski definition) is 3. The summed E-state index contributed by atoms with van der Waals surface area (Å²) in [7, 11) is 0. The van der Waals surface area contributed by atoms with Crippen molar-refractivity contribution in [1.82, 2.24) is 15.3 Å². The Hall–Kier alpha value is -3.01. The maximum Gasteiger partial charge on any atom is 0.244 e. The number of hydrogen-bond donors (Lipinski definition) is 1. The minimum absolute atomic E-state index is 0.0879. The zero-order valence-corrected chi connectivity index (χ0v) is 12.8. The molecule has 0 bridgehead atoms. The molecule has 3 aromatic rings. The van der Waals surface area contributed by atoms with Gasteiger partial charge in [-0.15, -0.1) is 0 Å². The summed E-state index contributed by atoms with van der Waals surface area (Å²) in [5, 5.41) is 3.96. The summed E-state index contributed by atoms with van der Waals surface area (Å²) in [4.78, 5) is 20.5. The zero-order chi connectivity index (χ0) is 16.1. The van der Waals surface area contributed by atoms with Gasteiger partial charge in [0.2, 0.25) is 5.91 Å². The lowest BCUT2D eigenvalue weighted by Crippen LogP contribution is -2.24. The van der Waals surface area contributed by atoms with E-state index in [9.17, 15) is 4.79 Å². The Labute approximate surface area is 134 Å². The number of amides is 1. The van der Waals surface area contributed by atoms with Crippen LogP contribution < -0.4 is 5.32 Å². The van der Waals surface area contributed by atoms with Crippen molar-refractivity contribution in [3.05, 3.63) is 78.3 Å². The lowest BCUT2D eigenvalue weighted by molar-refractivity contribution is -0.117. The molecule has 0 aliphatic heterocycles. The number of nitrogens with one attached hydrogen (secondary N) is 1. The van der Waals surface area contributed by atoms with Crippen LogP contribution in [0.3, 0.4) is 0 Å². The highest BCUT2D eigenvalue weighted by Crippen LogP contribution is 2.17. The first-order valence-corrected chi connectivity index (χ1v) is 7.46. The highest BCUT2D eigenvalue weighted by molar-refractivity contribution is 5.95. The Kier molecular flexibility index (Phi) is 4.43. The number of benzene rings is 1. The molecule has 0 aliphatic rings. The average molecular weight is 303 g/mol. The van der Waals surface area contributed by atoms with E-state index in [1.54, 1.807) is 24.7 Å². The summed E-state index contributed by atoms with van der Waals surface area (Å²) in [5.41, 5.74) is 2.86. The molecule has 3 rings (SSSR count). The van der Waals surface area contributed by atoms with Crippen molar-refractivity contribution in [2.24, 2.45) is 0 Å². The highest BCUT2D eigenvalue weighted by atomic mass is 16.1. The minimum atomic E-state index is -0.137. The molecular weight excluding hydrogens is 286 g/mol. The first-order chi connectivity index (χ1) is 11.2. The van der Waals surface area contributed by atoms with Gasteiger partial charge in [0, 0.05) is 30.1 Å². The molecule has 1 N–H and O–H groups in total. The summed E-state index contributed by atoms with van der Waals surface area (Å²) >= 11 is 0. The molecule has 1 amide bonds. The number of pyridine rings is 2. The summed E-state index contributed by atoms with van der Waals surface area (Å²) in [6.45, 7) is 1.94. The Bertz CT molecular complexity index is 838. The van der Waals surface area contributed by atoms with Gasteiger partial charge in [0.1, 0.15) is 0 Å². The first kappa shape index (κ1) is 14.9. The molecule has 23 heavy (non-hydrogen) atoms. The topological polar surface area (TPSA) is 54.9 Å². The smallest absolute Gasteiger partial charge is 0.244 e. The van der Waals surface area contributed by atoms with Crippen LogP contribution >= 0.6 is 0 Å². The van der Waals surface area contributed by atoms with Gasteiger partial charge >= 0.3 is 0 Å². The van der Waals surface area contributed by atoms with Crippen molar-refractivity contribution in [2.45, 2.75) is 13.0 Å². The van der Waals surface area contributed by atoms with Crippen LogP contribution in [0.1, 0.15) is 24.1 Å². The molecule has 1 aromatic carbocycles. The molecule has 1 atom stereocenters. The van der Waals surface area contributed by atoms with Crippen molar-refractivity contribution in [3.63, 3.8) is 0 Å². The second kappa shape index (κ2) is 6.83. The SMILES string of the molecule is C[C@H](NC(=O)/C=C/c1ccnc2ccccc12)c1cccnc1. The maximum absolute atomic E-state index is 12.1. The number of fused-ring (bicyclic) bond motifs is 1. The van der Waals surface area contributed by atoms with Crippen molar-refractivity contribution in [3.8, 4) is 0 Å². The third-order valence-electron chi connectivity index (χ3n) is 3.64. The van der Waals surface area contributed by atoms with Gasteiger partial charge in [0.05, 0.1) is 11.6 Å². The summed E-state index contributed by atoms with van der Waals surface area (Å²) in [6, 6.07) is 13.5. The molecule has 0 radical (unpaired) electrons. The van der Waals surface area contributed by atoms with Crippen molar-refractivity contribution < 1.29 is 4.79 Å². The van der Waals surface area contributed by atoms with E-state index in [-0.39, 0.29) is 11.9 Å². The molecule has 0 aliphatic carbocycles. The number of aromatic nitrogens is 2. The van der Waals surface area contributed by atoms with Crippen LogP contribution in [0.2, 0.25) is 0 Å². The second-order valence-electron chi connectivity index (χ2n) is 5.27. The lowest BCUT2D eigenvalue weighted by Gasteiger charge is -2.12. The summed E-state index contributed by atoms with van der Waals surface area (Å²) in [5.74, 6) is -0.137. The first-order valence-electron chi connectivity index (χ1n) is 7.46. The Morgan fingerprint density at radius 2 is 2.00 bits per heavy atom. The quantitative estimate of drug-likeness (QED) is 0.750. The van der Waals surface area contributed by atoms with Crippen LogP contribution in [-0.4, -0.2) is 15.9 Å². The van der Waals surface area contributed by atoms with Gasteiger partial charge in [0.15, 0.2) is 0 Å². The van der Waals surface area contributed by atoms with Gasteiger partial charge in [-0.3, -0.25) is 14.8 Å². The van der Waals surface area contributed by atoms with E-state index >= 15 is 0 Å². The average Bonchev–Trinajstić information content (AvgIpc) is 2.60. The number of rotatable bonds is 4. The van der Waals surface area contributed by atoms with Crippen molar-refractivity contribution in [2.75, 3.05) is 0 Å². The molecule has 0 saturated heterocycles. The fraction of sp³-hybridized carbons (Fsp3) is 0.105. The van der Waals surface area contributed by atoms with E-state index in [1.165, 1.54) is 0 Å². The predicted octanol–water partition coefficient (Wildman–Crippen LogP) is 3.52. The molecular formula is C19H17N3O. The summed E-state index contributed by atoms with van der Waals surface area (Å²) in [6.07, 6.45) is 8.58. The monoisotopic (exact) mass is 303 g/mol. The standard InChI is InChI=1S/C19H17N3O/c1-14(16-5-4-11-20-13-16)22-19(23)9-8-15-10-12-21-18-7-3-2-6-17(15)18/h2-14H,1H3,(H,22,23)/b9-8+/t14-/m0/s1. The van der Waals surface area contributed by atoms with E-state index < -0.39 is 0 Å². The Morgan fingerprint density at radius 1 is 1.13 bits per heavy atom. The van der Waals surface area contributed by atoms with Crippen LogP contribution in [0.25, 0.3) is 17.0 Å². The van der Waals surface area contributed by atoms with Crippen LogP contribution in [0.5, 0.6) is 0 Å². The van der Waals surface area contributed by atoms with Gasteiger partial charge in [-0.25, -0.2) is 0 Å². The molecule has 4 nitrogen and oxygen atoms in total. The molecule has 0 unspecified atom stereocenters. The van der Waals surface area contributed by atoms with Gasteiger partial charge in [-0.05, 0) is 42.3 Å². The molecule has 2 heterocycles. The molecule has 114 valence electrons. The number of para-hydroxylation sites is 1. The van der Waals surface area contributed by atoms with E-state index in [2.05, 4.69) is 15.3 Å². The van der Waals surface area contributed by atoms with Crippen LogP contribution in [0.15, 0.2) is 67.1 Å². The van der Waals surface area contributed by atoms with Gasteiger partial charge in [-0.2, -0.15) is 0 Å². The fourth-order valence-electron chi connectivity index (χ4n) is 2.41. The third kappa shape index (κ3) is 3.61. The van der Waals surface area contributed by atoms with E-state index in [0.717, 1.165) is 22.0 Å². The number of carbonyl (C=O) groups excluding carboxylic acids is 1. The molecule has 0 fully saturated rings. The molecule has 0 saturated carbocycles. The highest BCUT2D eigenvalue weighted by Gasteiger charge is 2.07. The lowest BCUT2D eigenvalue weighted by atomic mass is 10.1. The Morgan fingerprint density at radius 3 is 2.83 bits per heavy atom. The van der Waals surface area contributed by atoms with Gasteiger partial charge in [-0.1, -0.05) is 24.3 Å². The van der Waals surface area contributed by atoms with Crippen molar-refractivity contribution in [1.29, 1.82) is 0 Å². The second-order valence-corrected chi connectivity index (χ2v) is 5.27. The van der Waals surface area contributed by atoms with Crippen LogP contribution in [0.4, 0.5) is 0 Å². The molecule has 4 heteroatoms. The zero-order valence-electron chi connectivity index (χ0n) is 12.8. The maximum atomic E-state index is 12.1. The van der Waals surface area contributed by atoms with Crippen LogP contribution in [0, 0.1) is 0 Å². The fourth-order valence-corrected chi connectivity index (χ4v) is 2.41. The van der Waals surface area contributed by atoms with E-state index in [0.29, 0.717) is 0 Å². The largest absolute Gasteiger partial charge is 0.346 e. The van der Waals surface area contributed by atoms with Crippen molar-refractivity contribution >= 4 is 22.9 Å². The van der Waals surface area contributed by atoms with Gasteiger partial charge < -0.3 is 5.32 Å². The van der Waals surface area contributed by atoms with E-state index in [4.69, 9.17) is 0 Å². The minimum Gasteiger partial charge on any atom is -0.346 e. The normalized spacial score (nSPS) is 12.4. The predicted molar refractivity (Wildman–Crippen MR) is 91.6 cm³/mol. The van der Waals surface area contributed by atoms with Gasteiger partial charge in [0.25, 0.3) is 0 Å².